The van der Waals surface area contributed by atoms with E-state index in [2.05, 4.69) is 10.2 Å². The Bertz CT molecular complexity index is 240. The second-order valence-corrected chi connectivity index (χ2v) is 4.44. The standard InChI is InChI=1S/C11H22N4O/c1-2-14-9-10-15(11(14)16)8-7-13-5-3-12-4-6-13/h12H,2-10H2,1H3. The van der Waals surface area contributed by atoms with Crippen LogP contribution in [-0.4, -0.2) is 79.6 Å². The number of nitrogens with one attached hydrogen (secondary N) is 1. The van der Waals surface area contributed by atoms with E-state index in [0.717, 1.165) is 58.9 Å². The monoisotopic (exact) mass is 226 g/mol. The predicted molar refractivity (Wildman–Crippen MR) is 63.5 cm³/mol. The quantitative estimate of drug-likeness (QED) is 0.712. The molecular formula is C11H22N4O. The first-order chi connectivity index (χ1) is 7.81. The summed E-state index contributed by atoms with van der Waals surface area (Å²) in [5.41, 5.74) is 0. The van der Waals surface area contributed by atoms with E-state index in [-0.39, 0.29) is 6.03 Å². The summed E-state index contributed by atoms with van der Waals surface area (Å²) in [6.45, 7) is 11.0. The first-order valence-electron chi connectivity index (χ1n) is 6.28. The summed E-state index contributed by atoms with van der Waals surface area (Å²) in [6.07, 6.45) is 0. The van der Waals surface area contributed by atoms with Crippen molar-refractivity contribution in [3.8, 4) is 0 Å². The van der Waals surface area contributed by atoms with Gasteiger partial charge in [-0.05, 0) is 6.92 Å². The molecule has 0 aromatic rings. The molecule has 0 bridgehead atoms. The third-order valence-electron chi connectivity index (χ3n) is 3.46. The van der Waals surface area contributed by atoms with Gasteiger partial charge < -0.3 is 15.1 Å². The molecule has 2 rings (SSSR count). The number of carbonyl (C=O) groups excluding carboxylic acids is 1. The van der Waals surface area contributed by atoms with E-state index in [1.54, 1.807) is 0 Å². The molecule has 2 amide bonds. The van der Waals surface area contributed by atoms with Crippen molar-refractivity contribution >= 4 is 6.03 Å². The zero-order valence-corrected chi connectivity index (χ0v) is 10.1. The van der Waals surface area contributed by atoms with Crippen LogP contribution in [0.25, 0.3) is 0 Å². The van der Waals surface area contributed by atoms with Gasteiger partial charge in [-0.25, -0.2) is 4.79 Å². The number of hydrogen-bond acceptors (Lipinski definition) is 3. The highest BCUT2D eigenvalue weighted by atomic mass is 16.2. The summed E-state index contributed by atoms with van der Waals surface area (Å²) in [7, 11) is 0. The van der Waals surface area contributed by atoms with E-state index in [9.17, 15) is 4.79 Å². The fourth-order valence-corrected chi connectivity index (χ4v) is 2.33. The number of likely N-dealkylation sites (N-methyl/N-ethyl adjacent to an activating group) is 1. The lowest BCUT2D eigenvalue weighted by Gasteiger charge is -2.28. The third kappa shape index (κ3) is 2.65. The highest BCUT2D eigenvalue weighted by Crippen LogP contribution is 2.07. The largest absolute Gasteiger partial charge is 0.323 e. The van der Waals surface area contributed by atoms with Crippen LogP contribution in [-0.2, 0) is 0 Å². The van der Waals surface area contributed by atoms with E-state index >= 15 is 0 Å². The summed E-state index contributed by atoms with van der Waals surface area (Å²) < 4.78 is 0. The van der Waals surface area contributed by atoms with Crippen LogP contribution in [0.2, 0.25) is 0 Å². The molecule has 16 heavy (non-hydrogen) atoms. The zero-order chi connectivity index (χ0) is 11.4. The molecule has 0 aromatic carbocycles. The second-order valence-electron chi connectivity index (χ2n) is 4.44. The molecule has 0 atom stereocenters. The van der Waals surface area contributed by atoms with Crippen molar-refractivity contribution in [3.63, 3.8) is 0 Å². The van der Waals surface area contributed by atoms with Gasteiger partial charge in [0.1, 0.15) is 0 Å². The van der Waals surface area contributed by atoms with Gasteiger partial charge in [0.25, 0.3) is 0 Å². The normalized spacial score (nSPS) is 23.2. The molecule has 5 heteroatoms. The number of piperazine rings is 1. The van der Waals surface area contributed by atoms with Gasteiger partial charge in [-0.15, -0.1) is 0 Å². The fraction of sp³-hybridized carbons (Fsp3) is 0.909. The zero-order valence-electron chi connectivity index (χ0n) is 10.1. The van der Waals surface area contributed by atoms with Crippen molar-refractivity contribution in [1.82, 2.24) is 20.0 Å². The fourth-order valence-electron chi connectivity index (χ4n) is 2.33. The highest BCUT2D eigenvalue weighted by Gasteiger charge is 2.26. The van der Waals surface area contributed by atoms with Crippen LogP contribution >= 0.6 is 0 Å². The minimum absolute atomic E-state index is 0.220. The molecule has 0 unspecified atom stereocenters. The molecule has 1 N–H and O–H groups in total. The first kappa shape index (κ1) is 11.7. The van der Waals surface area contributed by atoms with Crippen LogP contribution in [0, 0.1) is 0 Å². The van der Waals surface area contributed by atoms with Crippen LogP contribution in [0.4, 0.5) is 4.79 Å². The number of nitrogens with zero attached hydrogens (tertiary/aromatic N) is 3. The molecule has 2 fully saturated rings. The maximum Gasteiger partial charge on any atom is 0.320 e. The Morgan fingerprint density at radius 2 is 1.75 bits per heavy atom. The maximum absolute atomic E-state index is 11.8. The number of carbonyl (C=O) groups is 1. The molecule has 2 saturated heterocycles. The van der Waals surface area contributed by atoms with Crippen molar-refractivity contribution in [2.75, 3.05) is 58.9 Å². The number of amides is 2. The molecule has 2 heterocycles. The summed E-state index contributed by atoms with van der Waals surface area (Å²) in [6, 6.07) is 0.220. The van der Waals surface area contributed by atoms with Gasteiger partial charge in [-0.2, -0.15) is 0 Å². The van der Waals surface area contributed by atoms with Gasteiger partial charge in [-0.3, -0.25) is 4.90 Å². The van der Waals surface area contributed by atoms with Gasteiger partial charge in [-0.1, -0.05) is 0 Å². The lowest BCUT2D eigenvalue weighted by molar-refractivity contribution is 0.179. The van der Waals surface area contributed by atoms with E-state index in [1.807, 2.05) is 16.7 Å². The van der Waals surface area contributed by atoms with Crippen LogP contribution in [0.15, 0.2) is 0 Å². The third-order valence-corrected chi connectivity index (χ3v) is 3.46. The Morgan fingerprint density at radius 3 is 2.38 bits per heavy atom. The minimum atomic E-state index is 0.220. The van der Waals surface area contributed by atoms with Gasteiger partial charge >= 0.3 is 6.03 Å². The average molecular weight is 226 g/mol. The van der Waals surface area contributed by atoms with E-state index in [0.29, 0.717) is 0 Å². The Labute approximate surface area is 97.4 Å². The van der Waals surface area contributed by atoms with Crippen molar-refractivity contribution < 1.29 is 4.79 Å². The molecule has 0 aliphatic carbocycles. The van der Waals surface area contributed by atoms with Gasteiger partial charge in [0, 0.05) is 58.9 Å². The van der Waals surface area contributed by atoms with Crippen LogP contribution in [0.5, 0.6) is 0 Å². The van der Waals surface area contributed by atoms with Crippen LogP contribution in [0.1, 0.15) is 6.92 Å². The van der Waals surface area contributed by atoms with E-state index < -0.39 is 0 Å². The summed E-state index contributed by atoms with van der Waals surface area (Å²) in [5.74, 6) is 0. The molecule has 0 aromatic heterocycles. The lowest BCUT2D eigenvalue weighted by Crippen LogP contribution is -2.46. The molecule has 2 aliphatic rings. The number of rotatable bonds is 4. The molecule has 0 radical (unpaired) electrons. The van der Waals surface area contributed by atoms with Gasteiger partial charge in [0.05, 0.1) is 0 Å². The lowest BCUT2D eigenvalue weighted by atomic mass is 10.3. The Morgan fingerprint density at radius 1 is 1.06 bits per heavy atom. The Balaban J connectivity index is 1.71. The molecule has 2 aliphatic heterocycles. The summed E-state index contributed by atoms with van der Waals surface area (Å²) in [5, 5.41) is 3.34. The van der Waals surface area contributed by atoms with Gasteiger partial charge in [0.2, 0.25) is 0 Å². The number of hydrogen-bond donors (Lipinski definition) is 1. The molecule has 0 spiro atoms. The highest BCUT2D eigenvalue weighted by molar-refractivity contribution is 5.76. The predicted octanol–water partition coefficient (Wildman–Crippen LogP) is -0.351. The van der Waals surface area contributed by atoms with Crippen molar-refractivity contribution in [1.29, 1.82) is 0 Å². The Kier molecular flexibility index (Phi) is 4.01. The molecule has 5 nitrogen and oxygen atoms in total. The SMILES string of the molecule is CCN1CCN(CCN2CCNCC2)C1=O. The van der Waals surface area contributed by atoms with Crippen molar-refractivity contribution in [3.05, 3.63) is 0 Å². The van der Waals surface area contributed by atoms with Gasteiger partial charge in [0.15, 0.2) is 0 Å². The summed E-state index contributed by atoms with van der Waals surface area (Å²) >= 11 is 0. The second kappa shape index (κ2) is 5.50. The topological polar surface area (TPSA) is 38.8 Å². The summed E-state index contributed by atoms with van der Waals surface area (Å²) in [4.78, 5) is 18.2. The molecule has 92 valence electrons. The molecule has 0 saturated carbocycles. The van der Waals surface area contributed by atoms with Crippen molar-refractivity contribution in [2.24, 2.45) is 0 Å². The van der Waals surface area contributed by atoms with E-state index in [1.165, 1.54) is 0 Å². The van der Waals surface area contributed by atoms with Crippen molar-refractivity contribution in [2.45, 2.75) is 6.92 Å². The maximum atomic E-state index is 11.8. The number of urea groups is 1. The van der Waals surface area contributed by atoms with Crippen LogP contribution < -0.4 is 5.32 Å². The minimum Gasteiger partial charge on any atom is -0.323 e. The first-order valence-corrected chi connectivity index (χ1v) is 6.28. The van der Waals surface area contributed by atoms with Crippen LogP contribution in [0.3, 0.4) is 0 Å². The Hall–Kier alpha value is -0.810. The smallest absolute Gasteiger partial charge is 0.320 e. The molecular weight excluding hydrogens is 204 g/mol. The van der Waals surface area contributed by atoms with E-state index in [4.69, 9.17) is 0 Å². The average Bonchev–Trinajstić information content (AvgIpc) is 2.69.